The van der Waals surface area contributed by atoms with Gasteiger partial charge >= 0.3 is 0 Å². The lowest BCUT2D eigenvalue weighted by molar-refractivity contribution is -0.385. The van der Waals surface area contributed by atoms with Gasteiger partial charge in [-0.2, -0.15) is 0 Å². The monoisotopic (exact) mass is 325 g/mol. The molecule has 0 atom stereocenters. The molecule has 98 valence electrons. The van der Waals surface area contributed by atoms with Gasteiger partial charge < -0.3 is 4.74 Å². The van der Waals surface area contributed by atoms with E-state index in [1.807, 2.05) is 19.1 Å². The van der Waals surface area contributed by atoms with Gasteiger partial charge in [0.1, 0.15) is 5.75 Å². The van der Waals surface area contributed by atoms with Crippen LogP contribution in [0.2, 0.25) is 0 Å². The molecule has 0 N–H and O–H groups in total. The summed E-state index contributed by atoms with van der Waals surface area (Å²) in [5, 5.41) is 10.5. The van der Waals surface area contributed by atoms with Gasteiger partial charge in [0, 0.05) is 10.5 Å². The molecule has 4 nitrogen and oxygen atoms in total. The Morgan fingerprint density at radius 3 is 2.58 bits per heavy atom. The SMILES string of the molecule is Cc1ccc(Br)cc1Oc1ccc([N+](=O)[O-])cc1F. The lowest BCUT2D eigenvalue weighted by Crippen LogP contribution is -1.93. The van der Waals surface area contributed by atoms with Crippen LogP contribution in [0.15, 0.2) is 40.9 Å². The zero-order valence-electron chi connectivity index (χ0n) is 9.89. The summed E-state index contributed by atoms with van der Waals surface area (Å²) in [5.41, 5.74) is 0.525. The predicted octanol–water partition coefficient (Wildman–Crippen LogP) is 4.60. The van der Waals surface area contributed by atoms with Gasteiger partial charge in [-0.05, 0) is 30.7 Å². The third kappa shape index (κ3) is 3.08. The highest BCUT2D eigenvalue weighted by Crippen LogP contribution is 2.31. The quantitative estimate of drug-likeness (QED) is 0.612. The Labute approximate surface area is 117 Å². The number of aryl methyl sites for hydroxylation is 1. The van der Waals surface area contributed by atoms with Crippen molar-refractivity contribution in [1.82, 2.24) is 0 Å². The van der Waals surface area contributed by atoms with Crippen LogP contribution < -0.4 is 4.74 Å². The van der Waals surface area contributed by atoms with Crippen LogP contribution in [0.5, 0.6) is 11.5 Å². The fourth-order valence-corrected chi connectivity index (χ4v) is 1.83. The lowest BCUT2D eigenvalue weighted by atomic mass is 10.2. The number of hydrogen-bond donors (Lipinski definition) is 0. The summed E-state index contributed by atoms with van der Waals surface area (Å²) in [6.45, 7) is 1.82. The average molecular weight is 326 g/mol. The third-order valence-corrected chi connectivity index (χ3v) is 2.99. The van der Waals surface area contributed by atoms with Crippen LogP contribution in [-0.4, -0.2) is 4.92 Å². The van der Waals surface area contributed by atoms with Gasteiger partial charge in [-0.3, -0.25) is 10.1 Å². The summed E-state index contributed by atoms with van der Waals surface area (Å²) in [7, 11) is 0. The smallest absolute Gasteiger partial charge is 0.272 e. The number of non-ortho nitro benzene ring substituents is 1. The molecule has 0 heterocycles. The molecule has 2 aromatic carbocycles. The van der Waals surface area contributed by atoms with E-state index in [4.69, 9.17) is 4.74 Å². The summed E-state index contributed by atoms with van der Waals surface area (Å²) in [5.74, 6) is -0.331. The molecule has 0 aliphatic carbocycles. The van der Waals surface area contributed by atoms with E-state index in [1.165, 1.54) is 12.1 Å². The van der Waals surface area contributed by atoms with Crippen LogP contribution in [-0.2, 0) is 0 Å². The van der Waals surface area contributed by atoms with Crippen LogP contribution in [0.25, 0.3) is 0 Å². The zero-order valence-corrected chi connectivity index (χ0v) is 11.5. The lowest BCUT2D eigenvalue weighted by Gasteiger charge is -2.09. The molecule has 2 aromatic rings. The van der Waals surface area contributed by atoms with Crippen molar-refractivity contribution in [2.75, 3.05) is 0 Å². The third-order valence-electron chi connectivity index (χ3n) is 2.50. The van der Waals surface area contributed by atoms with Crippen molar-refractivity contribution in [2.24, 2.45) is 0 Å². The van der Waals surface area contributed by atoms with Crippen LogP contribution in [0, 0.1) is 22.9 Å². The number of halogens is 2. The maximum absolute atomic E-state index is 13.7. The number of nitro groups is 1. The normalized spacial score (nSPS) is 10.3. The van der Waals surface area contributed by atoms with E-state index < -0.39 is 10.7 Å². The van der Waals surface area contributed by atoms with Crippen LogP contribution in [0.1, 0.15) is 5.56 Å². The van der Waals surface area contributed by atoms with Gasteiger partial charge in [0.2, 0.25) is 0 Å². The molecule has 0 bridgehead atoms. The first-order valence-corrected chi connectivity index (χ1v) is 6.14. The Balaban J connectivity index is 2.33. The van der Waals surface area contributed by atoms with Crippen LogP contribution in [0.4, 0.5) is 10.1 Å². The first-order valence-electron chi connectivity index (χ1n) is 5.35. The second kappa shape index (κ2) is 5.36. The highest BCUT2D eigenvalue weighted by atomic mass is 79.9. The molecule has 6 heteroatoms. The van der Waals surface area contributed by atoms with Crippen molar-refractivity contribution >= 4 is 21.6 Å². The maximum Gasteiger partial charge on any atom is 0.272 e. The standard InChI is InChI=1S/C13H9BrFNO3/c1-8-2-3-9(14)6-13(8)19-12-5-4-10(16(17)18)7-11(12)15/h2-7H,1H3. The molecular weight excluding hydrogens is 317 g/mol. The second-order valence-corrected chi connectivity index (χ2v) is 4.80. The maximum atomic E-state index is 13.7. The second-order valence-electron chi connectivity index (χ2n) is 3.88. The molecule has 0 unspecified atom stereocenters. The number of benzene rings is 2. The molecule has 0 saturated carbocycles. The Morgan fingerprint density at radius 2 is 1.95 bits per heavy atom. The van der Waals surface area contributed by atoms with Crippen molar-refractivity contribution in [3.63, 3.8) is 0 Å². The predicted molar refractivity (Wildman–Crippen MR) is 72.0 cm³/mol. The molecule has 0 radical (unpaired) electrons. The Kier molecular flexibility index (Phi) is 3.80. The van der Waals surface area contributed by atoms with Gasteiger partial charge in [0.05, 0.1) is 11.0 Å². The summed E-state index contributed by atoms with van der Waals surface area (Å²) < 4.78 is 19.9. The summed E-state index contributed by atoms with van der Waals surface area (Å²) >= 11 is 3.30. The minimum absolute atomic E-state index is 0.0493. The van der Waals surface area contributed by atoms with E-state index in [-0.39, 0.29) is 11.4 Å². The molecule has 0 aliphatic rings. The van der Waals surface area contributed by atoms with E-state index in [1.54, 1.807) is 6.07 Å². The molecule has 0 spiro atoms. The highest BCUT2D eigenvalue weighted by molar-refractivity contribution is 9.10. The molecule has 0 aliphatic heterocycles. The Morgan fingerprint density at radius 1 is 1.21 bits per heavy atom. The van der Waals surface area contributed by atoms with Crippen molar-refractivity contribution in [2.45, 2.75) is 6.92 Å². The van der Waals surface area contributed by atoms with Crippen molar-refractivity contribution < 1.29 is 14.1 Å². The largest absolute Gasteiger partial charge is 0.454 e. The number of rotatable bonds is 3. The first-order chi connectivity index (χ1) is 8.97. The highest BCUT2D eigenvalue weighted by Gasteiger charge is 2.13. The molecule has 0 aromatic heterocycles. The molecule has 0 saturated heterocycles. The van der Waals surface area contributed by atoms with Crippen molar-refractivity contribution in [3.8, 4) is 11.5 Å². The van der Waals surface area contributed by atoms with Crippen LogP contribution >= 0.6 is 15.9 Å². The Hall–Kier alpha value is -1.95. The fourth-order valence-electron chi connectivity index (χ4n) is 1.49. The van der Waals surface area contributed by atoms with E-state index >= 15 is 0 Å². The topological polar surface area (TPSA) is 52.4 Å². The number of nitro benzene ring substituents is 1. The first kappa shape index (κ1) is 13.5. The van der Waals surface area contributed by atoms with Gasteiger partial charge in [-0.25, -0.2) is 4.39 Å². The van der Waals surface area contributed by atoms with Gasteiger partial charge in [-0.1, -0.05) is 22.0 Å². The number of hydrogen-bond acceptors (Lipinski definition) is 3. The number of nitrogens with zero attached hydrogens (tertiary/aromatic N) is 1. The van der Waals surface area contributed by atoms with E-state index in [9.17, 15) is 14.5 Å². The summed E-state index contributed by atoms with van der Waals surface area (Å²) in [6.07, 6.45) is 0. The molecular formula is C13H9BrFNO3. The molecule has 0 fully saturated rings. The molecule has 19 heavy (non-hydrogen) atoms. The zero-order chi connectivity index (χ0) is 14.0. The summed E-state index contributed by atoms with van der Waals surface area (Å²) in [4.78, 5) is 9.86. The Bertz CT molecular complexity index is 646. The minimum Gasteiger partial charge on any atom is -0.454 e. The van der Waals surface area contributed by atoms with Crippen LogP contribution in [0.3, 0.4) is 0 Å². The molecule has 0 amide bonds. The van der Waals surface area contributed by atoms with Gasteiger partial charge in [0.25, 0.3) is 5.69 Å². The average Bonchev–Trinajstić information content (AvgIpc) is 2.36. The van der Waals surface area contributed by atoms with Crippen molar-refractivity contribution in [3.05, 3.63) is 62.4 Å². The van der Waals surface area contributed by atoms with Crippen molar-refractivity contribution in [1.29, 1.82) is 0 Å². The van der Waals surface area contributed by atoms with E-state index in [2.05, 4.69) is 15.9 Å². The number of ether oxygens (including phenoxy) is 1. The fraction of sp³-hybridized carbons (Fsp3) is 0.0769. The van der Waals surface area contributed by atoms with E-state index in [0.29, 0.717) is 5.75 Å². The van der Waals surface area contributed by atoms with E-state index in [0.717, 1.165) is 16.1 Å². The van der Waals surface area contributed by atoms with Gasteiger partial charge in [0.15, 0.2) is 11.6 Å². The molecule has 2 rings (SSSR count). The minimum atomic E-state index is -0.770. The summed E-state index contributed by atoms with van der Waals surface area (Å²) in [6, 6.07) is 8.65. The van der Waals surface area contributed by atoms with Gasteiger partial charge in [-0.15, -0.1) is 0 Å².